The number of esters is 1. The first kappa shape index (κ1) is 16.9. The Bertz CT molecular complexity index is 629. The Morgan fingerprint density at radius 1 is 1.35 bits per heavy atom. The number of carbonyl (C=O) groups is 2. The SMILES string of the molecule is CCOC(=O)C1(c2cc(OC)ccc2[N+](=O)[O-])CCC(=O)CC1. The molecule has 0 aromatic heterocycles. The number of hydrogen-bond acceptors (Lipinski definition) is 6. The van der Waals surface area contributed by atoms with Gasteiger partial charge in [-0.15, -0.1) is 0 Å². The van der Waals surface area contributed by atoms with Gasteiger partial charge in [-0.25, -0.2) is 0 Å². The second-order valence-corrected chi connectivity index (χ2v) is 5.48. The monoisotopic (exact) mass is 321 g/mol. The number of nitro groups is 1. The Labute approximate surface area is 133 Å². The average Bonchev–Trinajstić information content (AvgIpc) is 2.55. The molecule has 7 heteroatoms. The van der Waals surface area contributed by atoms with Gasteiger partial charge in [0.15, 0.2) is 0 Å². The molecule has 0 unspecified atom stereocenters. The number of rotatable bonds is 5. The van der Waals surface area contributed by atoms with E-state index in [0.717, 1.165) is 0 Å². The van der Waals surface area contributed by atoms with Gasteiger partial charge in [-0.05, 0) is 31.9 Å². The van der Waals surface area contributed by atoms with Crippen molar-refractivity contribution in [2.45, 2.75) is 38.0 Å². The largest absolute Gasteiger partial charge is 0.497 e. The van der Waals surface area contributed by atoms with Crippen LogP contribution < -0.4 is 4.74 Å². The average molecular weight is 321 g/mol. The number of Topliss-reactive ketones (excluding diaryl/α,β-unsaturated/α-hetero) is 1. The van der Waals surface area contributed by atoms with Crippen LogP contribution in [0.15, 0.2) is 18.2 Å². The summed E-state index contributed by atoms with van der Waals surface area (Å²) in [5.74, 6) is -0.0505. The van der Waals surface area contributed by atoms with E-state index in [2.05, 4.69) is 0 Å². The molecule has 1 aromatic carbocycles. The second kappa shape index (κ2) is 6.76. The molecule has 1 aliphatic rings. The number of ether oxygens (including phenoxy) is 2. The van der Waals surface area contributed by atoms with Gasteiger partial charge < -0.3 is 9.47 Å². The van der Waals surface area contributed by atoms with Gasteiger partial charge in [0.2, 0.25) is 0 Å². The zero-order valence-electron chi connectivity index (χ0n) is 13.2. The lowest BCUT2D eigenvalue weighted by Gasteiger charge is -2.34. The van der Waals surface area contributed by atoms with E-state index in [-0.39, 0.29) is 49.3 Å². The fourth-order valence-electron chi connectivity index (χ4n) is 2.99. The predicted molar refractivity (Wildman–Crippen MR) is 81.4 cm³/mol. The number of nitro benzene ring substituents is 1. The minimum atomic E-state index is -1.18. The molecule has 1 aliphatic carbocycles. The highest BCUT2D eigenvalue weighted by molar-refractivity contribution is 5.89. The van der Waals surface area contributed by atoms with E-state index in [4.69, 9.17) is 9.47 Å². The van der Waals surface area contributed by atoms with E-state index < -0.39 is 16.3 Å². The van der Waals surface area contributed by atoms with Gasteiger partial charge in [0, 0.05) is 18.9 Å². The van der Waals surface area contributed by atoms with Crippen LogP contribution in [-0.2, 0) is 19.7 Å². The molecule has 0 atom stereocenters. The molecule has 0 N–H and O–H groups in total. The van der Waals surface area contributed by atoms with Gasteiger partial charge >= 0.3 is 5.97 Å². The Morgan fingerprint density at radius 2 is 2.00 bits per heavy atom. The number of carbonyl (C=O) groups excluding carboxylic acids is 2. The molecule has 0 radical (unpaired) electrons. The van der Waals surface area contributed by atoms with E-state index in [1.165, 1.54) is 25.3 Å². The summed E-state index contributed by atoms with van der Waals surface area (Å²) in [5, 5.41) is 11.4. The number of methoxy groups -OCH3 is 1. The number of benzene rings is 1. The van der Waals surface area contributed by atoms with Crippen molar-refractivity contribution in [3.63, 3.8) is 0 Å². The van der Waals surface area contributed by atoms with E-state index in [0.29, 0.717) is 5.75 Å². The summed E-state index contributed by atoms with van der Waals surface area (Å²) in [6.07, 6.45) is 0.817. The fraction of sp³-hybridized carbons (Fsp3) is 0.500. The van der Waals surface area contributed by atoms with Crippen LogP contribution in [0.2, 0.25) is 0 Å². The molecule has 0 bridgehead atoms. The van der Waals surface area contributed by atoms with Crippen LogP contribution in [0, 0.1) is 10.1 Å². The lowest BCUT2D eigenvalue weighted by atomic mass is 9.68. The maximum atomic E-state index is 12.6. The molecule has 0 heterocycles. The normalized spacial score (nSPS) is 16.7. The highest BCUT2D eigenvalue weighted by Gasteiger charge is 2.48. The van der Waals surface area contributed by atoms with Crippen LogP contribution in [-0.4, -0.2) is 30.4 Å². The first-order chi connectivity index (χ1) is 10.9. The topological polar surface area (TPSA) is 95.7 Å². The van der Waals surface area contributed by atoms with Crippen molar-refractivity contribution in [2.24, 2.45) is 0 Å². The van der Waals surface area contributed by atoms with Gasteiger partial charge in [-0.2, -0.15) is 0 Å². The van der Waals surface area contributed by atoms with Crippen molar-refractivity contribution in [1.29, 1.82) is 0 Å². The third kappa shape index (κ3) is 3.18. The molecule has 1 fully saturated rings. The van der Waals surface area contributed by atoms with Gasteiger partial charge in [0.25, 0.3) is 5.69 Å². The van der Waals surface area contributed by atoms with Gasteiger partial charge in [0.05, 0.1) is 24.2 Å². The Morgan fingerprint density at radius 3 is 2.52 bits per heavy atom. The van der Waals surface area contributed by atoms with Crippen molar-refractivity contribution >= 4 is 17.4 Å². The van der Waals surface area contributed by atoms with Gasteiger partial charge in [0.1, 0.15) is 16.9 Å². The van der Waals surface area contributed by atoms with Crippen LogP contribution >= 0.6 is 0 Å². The summed E-state index contributed by atoms with van der Waals surface area (Å²) in [6.45, 7) is 1.85. The summed E-state index contributed by atoms with van der Waals surface area (Å²) < 4.78 is 10.3. The molecule has 1 aromatic rings. The Balaban J connectivity index is 2.61. The molecule has 0 amide bonds. The first-order valence-electron chi connectivity index (χ1n) is 7.46. The molecule has 0 spiro atoms. The van der Waals surface area contributed by atoms with E-state index in [1.807, 2.05) is 0 Å². The molecule has 0 saturated heterocycles. The highest BCUT2D eigenvalue weighted by Crippen LogP contribution is 2.44. The molecular formula is C16H19NO6. The summed E-state index contributed by atoms with van der Waals surface area (Å²) >= 11 is 0. The third-order valence-corrected chi connectivity index (χ3v) is 4.24. The lowest BCUT2D eigenvalue weighted by molar-refractivity contribution is -0.386. The predicted octanol–water partition coefficient (Wildman–Crippen LogP) is 2.55. The fourth-order valence-corrected chi connectivity index (χ4v) is 2.99. The smallest absolute Gasteiger partial charge is 0.316 e. The number of ketones is 1. The van der Waals surface area contributed by atoms with Crippen LogP contribution in [0.4, 0.5) is 5.69 Å². The van der Waals surface area contributed by atoms with Crippen LogP contribution in [0.3, 0.4) is 0 Å². The molecule has 0 aliphatic heterocycles. The van der Waals surface area contributed by atoms with Gasteiger partial charge in [-0.3, -0.25) is 19.7 Å². The van der Waals surface area contributed by atoms with Crippen molar-refractivity contribution in [3.8, 4) is 5.75 Å². The second-order valence-electron chi connectivity index (χ2n) is 5.48. The van der Waals surface area contributed by atoms with Crippen molar-refractivity contribution in [1.82, 2.24) is 0 Å². The molecule has 23 heavy (non-hydrogen) atoms. The zero-order valence-corrected chi connectivity index (χ0v) is 13.2. The minimum absolute atomic E-state index is 0.0514. The minimum Gasteiger partial charge on any atom is -0.497 e. The molecule has 1 saturated carbocycles. The van der Waals surface area contributed by atoms with Crippen molar-refractivity contribution < 1.29 is 24.0 Å². The lowest BCUT2D eigenvalue weighted by Crippen LogP contribution is -2.41. The summed E-state index contributed by atoms with van der Waals surface area (Å²) in [5.41, 5.74) is -1.08. The maximum Gasteiger partial charge on any atom is 0.316 e. The first-order valence-corrected chi connectivity index (χ1v) is 7.46. The zero-order chi connectivity index (χ0) is 17.0. The Hall–Kier alpha value is -2.44. The quantitative estimate of drug-likeness (QED) is 0.470. The van der Waals surface area contributed by atoms with Gasteiger partial charge in [-0.1, -0.05) is 0 Å². The van der Waals surface area contributed by atoms with Crippen LogP contribution in [0.25, 0.3) is 0 Å². The highest BCUT2D eigenvalue weighted by atomic mass is 16.6. The van der Waals surface area contributed by atoms with E-state index in [1.54, 1.807) is 6.92 Å². The maximum absolute atomic E-state index is 12.6. The molecular weight excluding hydrogens is 302 g/mol. The molecule has 124 valence electrons. The van der Waals surface area contributed by atoms with E-state index >= 15 is 0 Å². The van der Waals surface area contributed by atoms with Crippen LogP contribution in [0.5, 0.6) is 5.75 Å². The van der Waals surface area contributed by atoms with Crippen molar-refractivity contribution in [3.05, 3.63) is 33.9 Å². The van der Waals surface area contributed by atoms with Crippen LogP contribution in [0.1, 0.15) is 38.2 Å². The molecule has 7 nitrogen and oxygen atoms in total. The number of hydrogen-bond donors (Lipinski definition) is 0. The number of nitrogens with zero attached hydrogens (tertiary/aromatic N) is 1. The Kier molecular flexibility index (Phi) is 4.98. The molecule has 2 rings (SSSR count). The summed E-state index contributed by atoms with van der Waals surface area (Å²) in [6, 6.07) is 4.31. The van der Waals surface area contributed by atoms with Crippen molar-refractivity contribution in [2.75, 3.05) is 13.7 Å². The summed E-state index contributed by atoms with van der Waals surface area (Å²) in [7, 11) is 1.45. The third-order valence-electron chi connectivity index (χ3n) is 4.24. The summed E-state index contributed by atoms with van der Waals surface area (Å²) in [4.78, 5) is 35.1. The standard InChI is InChI=1S/C16H19NO6/c1-3-23-15(19)16(8-6-11(18)7-9-16)13-10-12(22-2)4-5-14(13)17(20)21/h4-5,10H,3,6-9H2,1-2H3. The van der Waals surface area contributed by atoms with E-state index in [9.17, 15) is 19.7 Å².